The number of carbonyl (C=O) groups excluding carboxylic acids is 2. The summed E-state index contributed by atoms with van der Waals surface area (Å²) in [6.07, 6.45) is 2.42. The Kier molecular flexibility index (Phi) is 7.56. The van der Waals surface area contributed by atoms with Gasteiger partial charge in [-0.05, 0) is 74.1 Å². The molecule has 1 heterocycles. The predicted octanol–water partition coefficient (Wildman–Crippen LogP) is 3.45. The summed E-state index contributed by atoms with van der Waals surface area (Å²) < 4.78 is 30.5. The van der Waals surface area contributed by atoms with E-state index in [2.05, 4.69) is 12.2 Å². The van der Waals surface area contributed by atoms with E-state index in [0.29, 0.717) is 17.0 Å². The molecule has 3 rings (SSSR count). The van der Waals surface area contributed by atoms with Crippen LogP contribution in [0.2, 0.25) is 0 Å². The minimum Gasteiger partial charge on any atom is -0.379 e. The molecule has 0 bridgehead atoms. The van der Waals surface area contributed by atoms with Gasteiger partial charge in [-0.3, -0.25) is 9.59 Å². The highest BCUT2D eigenvalue weighted by Crippen LogP contribution is 2.23. The topological polar surface area (TPSA) is 92.8 Å². The number of nitrogens with zero attached hydrogens (tertiary/aromatic N) is 1. The van der Waals surface area contributed by atoms with E-state index in [-0.39, 0.29) is 35.4 Å². The minimum absolute atomic E-state index is 0.0530. The molecular weight excluding hydrogens is 428 g/mol. The van der Waals surface area contributed by atoms with Crippen molar-refractivity contribution >= 4 is 21.9 Å². The number of aryl methyl sites for hydroxylation is 2. The number of carbonyl (C=O) groups is 2. The fraction of sp³-hybridized carbons (Fsp3) is 0.417. The van der Waals surface area contributed by atoms with Gasteiger partial charge in [0.15, 0.2) is 0 Å². The van der Waals surface area contributed by atoms with Crippen LogP contribution >= 0.6 is 0 Å². The van der Waals surface area contributed by atoms with Crippen LogP contribution in [0.4, 0.5) is 0 Å². The molecule has 1 unspecified atom stereocenters. The Balaban J connectivity index is 1.54. The Hall–Kier alpha value is -2.87. The van der Waals surface area contributed by atoms with E-state index in [1.807, 2.05) is 17.9 Å². The number of hydrogen-bond acceptors (Lipinski definition) is 5. The second-order valence-corrected chi connectivity index (χ2v) is 9.94. The molecule has 1 aliphatic rings. The van der Waals surface area contributed by atoms with Gasteiger partial charge in [0.25, 0.3) is 5.91 Å². The molecule has 1 N–H and O–H groups in total. The number of hydrogen-bond donors (Lipinski definition) is 1. The SMILES string of the molecule is Cc1ccc(C)c(S(=O)(=O)Oc2ccc(C(=O)NCCC(=O)N3CCCC(C)C3)cc2)c1. The molecule has 1 saturated heterocycles. The Morgan fingerprint density at radius 2 is 1.84 bits per heavy atom. The van der Waals surface area contributed by atoms with Crippen molar-refractivity contribution in [2.24, 2.45) is 5.92 Å². The molecule has 2 aromatic rings. The first-order chi connectivity index (χ1) is 15.2. The summed E-state index contributed by atoms with van der Waals surface area (Å²) in [5, 5.41) is 2.74. The molecule has 8 heteroatoms. The van der Waals surface area contributed by atoms with Crippen molar-refractivity contribution in [3.63, 3.8) is 0 Å². The molecule has 7 nitrogen and oxygen atoms in total. The Morgan fingerprint density at radius 3 is 2.53 bits per heavy atom. The summed E-state index contributed by atoms with van der Waals surface area (Å²) in [6, 6.07) is 11.0. The summed E-state index contributed by atoms with van der Waals surface area (Å²) in [6.45, 7) is 7.47. The predicted molar refractivity (Wildman–Crippen MR) is 122 cm³/mol. The molecule has 32 heavy (non-hydrogen) atoms. The lowest BCUT2D eigenvalue weighted by molar-refractivity contribution is -0.132. The number of piperidine rings is 1. The van der Waals surface area contributed by atoms with E-state index >= 15 is 0 Å². The second kappa shape index (κ2) is 10.2. The Labute approximate surface area is 189 Å². The lowest BCUT2D eigenvalue weighted by Gasteiger charge is -2.31. The number of nitrogens with one attached hydrogen (secondary N) is 1. The van der Waals surface area contributed by atoms with Gasteiger partial charge in [0.1, 0.15) is 10.6 Å². The number of amides is 2. The molecular formula is C24H30N2O5S. The molecule has 2 amide bonds. The van der Waals surface area contributed by atoms with Gasteiger partial charge in [-0.2, -0.15) is 8.42 Å². The highest BCUT2D eigenvalue weighted by Gasteiger charge is 2.21. The lowest BCUT2D eigenvalue weighted by atomic mass is 10.00. The molecule has 172 valence electrons. The quantitative estimate of drug-likeness (QED) is 0.642. The monoisotopic (exact) mass is 458 g/mol. The van der Waals surface area contributed by atoms with Gasteiger partial charge in [-0.1, -0.05) is 19.1 Å². The van der Waals surface area contributed by atoms with Gasteiger partial charge in [0, 0.05) is 31.6 Å². The van der Waals surface area contributed by atoms with E-state index in [9.17, 15) is 18.0 Å². The fourth-order valence-corrected chi connectivity index (χ4v) is 5.02. The molecule has 1 aliphatic heterocycles. The van der Waals surface area contributed by atoms with Gasteiger partial charge in [-0.15, -0.1) is 0 Å². The number of likely N-dealkylation sites (tertiary alicyclic amines) is 1. The van der Waals surface area contributed by atoms with E-state index in [0.717, 1.165) is 31.5 Å². The zero-order valence-electron chi connectivity index (χ0n) is 18.8. The van der Waals surface area contributed by atoms with Crippen molar-refractivity contribution in [1.29, 1.82) is 0 Å². The Morgan fingerprint density at radius 1 is 1.12 bits per heavy atom. The van der Waals surface area contributed by atoms with Crippen LogP contribution in [-0.4, -0.2) is 44.8 Å². The van der Waals surface area contributed by atoms with Gasteiger partial charge in [0.2, 0.25) is 5.91 Å². The van der Waals surface area contributed by atoms with Crippen molar-refractivity contribution in [2.45, 2.75) is 44.9 Å². The largest absolute Gasteiger partial charge is 0.379 e. The molecule has 0 saturated carbocycles. The van der Waals surface area contributed by atoms with Crippen LogP contribution in [0, 0.1) is 19.8 Å². The maximum absolute atomic E-state index is 12.6. The normalized spacial score (nSPS) is 16.5. The standard InChI is InChI=1S/C24H30N2O5S/c1-17-6-7-19(3)22(15-17)32(29,30)31-21-10-8-20(9-11-21)24(28)25-13-12-23(27)26-14-4-5-18(2)16-26/h6-11,15,18H,4-5,12-14,16H2,1-3H3,(H,25,28). The van der Waals surface area contributed by atoms with Crippen molar-refractivity contribution in [1.82, 2.24) is 10.2 Å². The molecule has 0 aliphatic carbocycles. The van der Waals surface area contributed by atoms with Gasteiger partial charge in [-0.25, -0.2) is 0 Å². The summed E-state index contributed by atoms with van der Waals surface area (Å²) in [5.41, 5.74) is 1.78. The maximum atomic E-state index is 12.6. The van der Waals surface area contributed by atoms with Gasteiger partial charge in [0.05, 0.1) is 0 Å². The maximum Gasteiger partial charge on any atom is 0.339 e. The third kappa shape index (κ3) is 6.09. The van der Waals surface area contributed by atoms with E-state index in [1.54, 1.807) is 19.1 Å². The average Bonchev–Trinajstić information content (AvgIpc) is 2.75. The molecule has 1 atom stereocenters. The summed E-state index contributed by atoms with van der Waals surface area (Å²) in [7, 11) is -3.98. The van der Waals surface area contributed by atoms with Gasteiger partial charge < -0.3 is 14.4 Å². The molecule has 0 aromatic heterocycles. The fourth-order valence-electron chi connectivity index (χ4n) is 3.77. The summed E-state index contributed by atoms with van der Waals surface area (Å²) >= 11 is 0. The first kappa shape index (κ1) is 23.8. The van der Waals surface area contributed by atoms with Crippen molar-refractivity contribution < 1.29 is 22.2 Å². The van der Waals surface area contributed by atoms with E-state index < -0.39 is 10.1 Å². The highest BCUT2D eigenvalue weighted by molar-refractivity contribution is 7.87. The van der Waals surface area contributed by atoms with E-state index in [4.69, 9.17) is 4.18 Å². The van der Waals surface area contributed by atoms with Crippen LogP contribution in [0.5, 0.6) is 5.75 Å². The molecule has 1 fully saturated rings. The first-order valence-electron chi connectivity index (χ1n) is 10.8. The third-order valence-electron chi connectivity index (χ3n) is 5.57. The zero-order valence-corrected chi connectivity index (χ0v) is 19.6. The van der Waals surface area contributed by atoms with Crippen molar-refractivity contribution in [3.8, 4) is 5.75 Å². The smallest absolute Gasteiger partial charge is 0.339 e. The summed E-state index contributed by atoms with van der Waals surface area (Å²) in [4.78, 5) is 26.6. The average molecular weight is 459 g/mol. The zero-order chi connectivity index (χ0) is 23.3. The van der Waals surface area contributed by atoms with Crippen LogP contribution in [0.15, 0.2) is 47.4 Å². The van der Waals surface area contributed by atoms with Crippen LogP contribution < -0.4 is 9.50 Å². The lowest BCUT2D eigenvalue weighted by Crippen LogP contribution is -2.40. The first-order valence-corrected chi connectivity index (χ1v) is 12.2. The van der Waals surface area contributed by atoms with Crippen LogP contribution in [0.25, 0.3) is 0 Å². The number of benzene rings is 2. The Bertz CT molecular complexity index is 1080. The van der Waals surface area contributed by atoms with E-state index in [1.165, 1.54) is 24.3 Å². The van der Waals surface area contributed by atoms with Crippen molar-refractivity contribution in [2.75, 3.05) is 19.6 Å². The van der Waals surface area contributed by atoms with Crippen LogP contribution in [-0.2, 0) is 14.9 Å². The molecule has 0 radical (unpaired) electrons. The second-order valence-electron chi connectivity index (χ2n) is 8.42. The van der Waals surface area contributed by atoms with Gasteiger partial charge >= 0.3 is 10.1 Å². The number of rotatable bonds is 7. The molecule has 2 aromatic carbocycles. The molecule has 0 spiro atoms. The van der Waals surface area contributed by atoms with Crippen molar-refractivity contribution in [3.05, 3.63) is 59.2 Å². The van der Waals surface area contributed by atoms with Crippen LogP contribution in [0.1, 0.15) is 47.7 Å². The third-order valence-corrected chi connectivity index (χ3v) is 6.96. The van der Waals surface area contributed by atoms with Crippen LogP contribution in [0.3, 0.4) is 0 Å². The highest BCUT2D eigenvalue weighted by atomic mass is 32.2. The summed E-state index contributed by atoms with van der Waals surface area (Å²) in [5.74, 6) is 0.365. The minimum atomic E-state index is -3.98.